The van der Waals surface area contributed by atoms with Crippen LogP contribution >= 0.6 is 11.6 Å². The van der Waals surface area contributed by atoms with Gasteiger partial charge in [-0.2, -0.15) is 0 Å². The largest absolute Gasteiger partial charge is 0.427 e. The average molecular weight is 537 g/mol. The van der Waals surface area contributed by atoms with Gasteiger partial charge in [0.25, 0.3) is 0 Å². The number of amides is 1. The number of fused-ring (bicyclic) bond motifs is 1. The molecule has 1 unspecified atom stereocenters. The first-order chi connectivity index (χ1) is 18.5. The van der Waals surface area contributed by atoms with Crippen LogP contribution in [0.5, 0.6) is 0 Å². The minimum Gasteiger partial charge on any atom is -0.351 e. The maximum absolute atomic E-state index is 13.9. The maximum atomic E-state index is 13.9. The van der Waals surface area contributed by atoms with Gasteiger partial charge >= 0.3 is 6.09 Å². The number of ketones is 1. The molecule has 3 aliphatic rings. The van der Waals surface area contributed by atoms with Crippen molar-refractivity contribution in [2.75, 3.05) is 0 Å². The number of carbonyl (C=O) groups excluding carboxylic acids is 2. The molecule has 200 valence electrons. The molecule has 9 nitrogen and oxygen atoms in total. The number of aromatic nitrogens is 4. The van der Waals surface area contributed by atoms with E-state index in [0.29, 0.717) is 40.5 Å². The van der Waals surface area contributed by atoms with E-state index in [4.69, 9.17) is 31.4 Å². The lowest BCUT2D eigenvalue weighted by Gasteiger charge is -2.27. The zero-order chi connectivity index (χ0) is 26.2. The molecule has 2 saturated carbocycles. The molecular formula is C28H33ClN6O3. The van der Waals surface area contributed by atoms with Crippen LogP contribution in [0.3, 0.4) is 0 Å². The van der Waals surface area contributed by atoms with Crippen molar-refractivity contribution in [2.24, 2.45) is 17.8 Å². The number of hydrogen-bond donors (Lipinski definition) is 2. The Morgan fingerprint density at radius 3 is 2.58 bits per heavy atom. The molecule has 1 amide bonds. The molecule has 1 aromatic carbocycles. The van der Waals surface area contributed by atoms with Crippen LogP contribution in [0.2, 0.25) is 5.02 Å². The first kappa shape index (κ1) is 25.2. The van der Waals surface area contributed by atoms with Crippen molar-refractivity contribution in [3.8, 4) is 11.3 Å². The van der Waals surface area contributed by atoms with E-state index in [1.807, 2.05) is 24.3 Å². The zero-order valence-electron chi connectivity index (χ0n) is 21.6. The molecule has 1 atom stereocenters. The fourth-order valence-corrected chi connectivity index (χ4v) is 6.30. The van der Waals surface area contributed by atoms with Gasteiger partial charge in [0, 0.05) is 23.0 Å². The third kappa shape index (κ3) is 5.01. The van der Waals surface area contributed by atoms with E-state index in [2.05, 4.69) is 22.3 Å². The molecular weight excluding hydrogens is 504 g/mol. The SMILES string of the molecule is CC1CCC(Cn2c(C(=O)C3CCCCC3)nc3nc(C4NOC(=O)N4)nc(-c4cccc(Cl)c4)c32)CC1. The van der Waals surface area contributed by atoms with Gasteiger partial charge in [-0.05, 0) is 49.7 Å². The highest BCUT2D eigenvalue weighted by atomic mass is 35.5. The van der Waals surface area contributed by atoms with Crippen molar-refractivity contribution in [1.29, 1.82) is 0 Å². The van der Waals surface area contributed by atoms with Crippen molar-refractivity contribution in [1.82, 2.24) is 30.3 Å². The van der Waals surface area contributed by atoms with E-state index in [9.17, 15) is 9.59 Å². The van der Waals surface area contributed by atoms with Crippen LogP contribution in [0.1, 0.15) is 87.3 Å². The molecule has 0 radical (unpaired) electrons. The molecule has 6 rings (SSSR count). The van der Waals surface area contributed by atoms with Crippen molar-refractivity contribution < 1.29 is 14.4 Å². The van der Waals surface area contributed by atoms with Crippen LogP contribution in [0.15, 0.2) is 24.3 Å². The van der Waals surface area contributed by atoms with Crippen LogP contribution in [-0.2, 0) is 11.4 Å². The molecule has 0 spiro atoms. The van der Waals surface area contributed by atoms with E-state index in [1.165, 1.54) is 19.3 Å². The number of rotatable bonds is 6. The van der Waals surface area contributed by atoms with Crippen molar-refractivity contribution in [2.45, 2.75) is 77.4 Å². The summed E-state index contributed by atoms with van der Waals surface area (Å²) in [6.07, 6.45) is 8.42. The van der Waals surface area contributed by atoms with E-state index in [0.717, 1.165) is 55.5 Å². The third-order valence-corrected chi connectivity index (χ3v) is 8.52. The maximum Gasteiger partial charge on any atom is 0.427 e. The van der Waals surface area contributed by atoms with Crippen LogP contribution in [-0.4, -0.2) is 31.4 Å². The van der Waals surface area contributed by atoms with Crippen molar-refractivity contribution >= 4 is 34.6 Å². The number of benzene rings is 1. The first-order valence-corrected chi connectivity index (χ1v) is 14.1. The molecule has 3 aromatic rings. The molecule has 1 aliphatic heterocycles. The Labute approximate surface area is 226 Å². The summed E-state index contributed by atoms with van der Waals surface area (Å²) < 4.78 is 2.09. The summed E-state index contributed by atoms with van der Waals surface area (Å²) in [6.45, 7) is 3.02. The highest BCUT2D eigenvalue weighted by molar-refractivity contribution is 6.30. The molecule has 0 bridgehead atoms. The van der Waals surface area contributed by atoms with Gasteiger partial charge in [0.2, 0.25) is 5.78 Å². The summed E-state index contributed by atoms with van der Waals surface area (Å²) in [5.74, 6) is 2.06. The normalized spacial score (nSPS) is 24.4. The second kappa shape index (κ2) is 10.6. The lowest BCUT2D eigenvalue weighted by Crippen LogP contribution is -2.25. The third-order valence-electron chi connectivity index (χ3n) is 8.28. The number of Topliss-reactive ketones (excluding diaryl/α,β-unsaturated/α-hetero) is 1. The summed E-state index contributed by atoms with van der Waals surface area (Å²) in [5.41, 5.74) is 5.24. The minimum atomic E-state index is -0.729. The van der Waals surface area contributed by atoms with Crippen LogP contribution in [0.4, 0.5) is 4.79 Å². The summed E-state index contributed by atoms with van der Waals surface area (Å²) in [6, 6.07) is 7.49. The van der Waals surface area contributed by atoms with Gasteiger partial charge in [0.05, 0.1) is 0 Å². The predicted octanol–water partition coefficient (Wildman–Crippen LogP) is 5.98. The molecule has 38 heavy (non-hydrogen) atoms. The van der Waals surface area contributed by atoms with Gasteiger partial charge in [-0.15, -0.1) is 5.48 Å². The van der Waals surface area contributed by atoms with E-state index in [-0.39, 0.29) is 11.7 Å². The topological polar surface area (TPSA) is 111 Å². The molecule has 1 saturated heterocycles. The smallest absolute Gasteiger partial charge is 0.351 e. The summed E-state index contributed by atoms with van der Waals surface area (Å²) >= 11 is 6.39. The van der Waals surface area contributed by atoms with Gasteiger partial charge in [0.15, 0.2) is 23.5 Å². The first-order valence-electron chi connectivity index (χ1n) is 13.8. The minimum absolute atomic E-state index is 0.0167. The summed E-state index contributed by atoms with van der Waals surface area (Å²) in [5, 5.41) is 3.25. The Balaban J connectivity index is 1.52. The van der Waals surface area contributed by atoms with Crippen LogP contribution in [0.25, 0.3) is 22.4 Å². The second-order valence-corrected chi connectivity index (χ2v) is 11.5. The number of imidazole rings is 1. The van der Waals surface area contributed by atoms with Crippen molar-refractivity contribution in [3.63, 3.8) is 0 Å². The number of nitrogens with one attached hydrogen (secondary N) is 2. The molecule has 3 fully saturated rings. The Kier molecular flexibility index (Phi) is 7.05. The number of carbonyl (C=O) groups is 2. The van der Waals surface area contributed by atoms with Crippen molar-refractivity contribution in [3.05, 3.63) is 40.9 Å². The van der Waals surface area contributed by atoms with Gasteiger partial charge in [-0.3, -0.25) is 10.1 Å². The van der Waals surface area contributed by atoms with Crippen LogP contribution < -0.4 is 10.8 Å². The second-order valence-electron chi connectivity index (χ2n) is 11.1. The monoisotopic (exact) mass is 536 g/mol. The zero-order valence-corrected chi connectivity index (χ0v) is 22.3. The quantitative estimate of drug-likeness (QED) is 0.373. The molecule has 2 N–H and O–H groups in total. The standard InChI is InChI=1S/C28H33ClN6O3/c1-16-10-12-17(13-11-16)15-35-22-21(19-8-5-9-20(29)14-19)30-25(26-33-28(37)38-34-26)31-24(22)32-27(35)23(36)18-6-3-2-4-7-18/h5,8-9,14,16-18,26,34H,2-4,6-7,10-13,15H2,1H3,(H,33,37). The van der Waals surface area contributed by atoms with E-state index >= 15 is 0 Å². The predicted molar refractivity (Wildman–Crippen MR) is 143 cm³/mol. The Bertz CT molecular complexity index is 1360. The fraction of sp³-hybridized carbons (Fsp3) is 0.536. The number of halogens is 1. The van der Waals surface area contributed by atoms with E-state index in [1.54, 1.807) is 0 Å². The number of nitrogens with zero attached hydrogens (tertiary/aromatic N) is 4. The molecule has 2 aromatic heterocycles. The summed E-state index contributed by atoms with van der Waals surface area (Å²) in [7, 11) is 0. The average Bonchev–Trinajstić information content (AvgIpc) is 3.53. The number of hydroxylamine groups is 1. The lowest BCUT2D eigenvalue weighted by molar-refractivity contribution is 0.0872. The van der Waals surface area contributed by atoms with Gasteiger partial charge in [-0.25, -0.2) is 19.7 Å². The molecule has 3 heterocycles. The summed E-state index contributed by atoms with van der Waals surface area (Å²) in [4.78, 5) is 45.0. The highest BCUT2D eigenvalue weighted by Crippen LogP contribution is 2.36. The van der Waals surface area contributed by atoms with Gasteiger partial charge < -0.3 is 9.40 Å². The van der Waals surface area contributed by atoms with Gasteiger partial charge in [0.1, 0.15) is 11.2 Å². The van der Waals surface area contributed by atoms with E-state index < -0.39 is 12.3 Å². The Hall–Kier alpha value is -3.04. The Morgan fingerprint density at radius 2 is 1.87 bits per heavy atom. The Morgan fingerprint density at radius 1 is 1.08 bits per heavy atom. The number of hydrogen-bond acceptors (Lipinski definition) is 7. The molecule has 10 heteroatoms. The highest BCUT2D eigenvalue weighted by Gasteiger charge is 2.33. The van der Waals surface area contributed by atoms with Gasteiger partial charge in [-0.1, -0.05) is 62.8 Å². The van der Waals surface area contributed by atoms with Crippen LogP contribution in [0, 0.1) is 17.8 Å². The lowest BCUT2D eigenvalue weighted by atomic mass is 9.83. The molecule has 2 aliphatic carbocycles. The fourth-order valence-electron chi connectivity index (χ4n) is 6.11.